The molecule has 0 spiro atoms. The maximum absolute atomic E-state index is 4.61. The minimum absolute atomic E-state index is 0.722. The highest BCUT2D eigenvalue weighted by Crippen LogP contribution is 2.23. The van der Waals surface area contributed by atoms with Gasteiger partial charge in [-0.2, -0.15) is 0 Å². The summed E-state index contributed by atoms with van der Waals surface area (Å²) in [5.41, 5.74) is 1.15. The number of anilines is 2. The Bertz CT molecular complexity index is 614. The van der Waals surface area contributed by atoms with Gasteiger partial charge in [0.15, 0.2) is 0 Å². The normalized spacial score (nSPS) is 18.3. The highest BCUT2D eigenvalue weighted by Gasteiger charge is 2.18. The zero-order valence-electron chi connectivity index (χ0n) is 13.3. The van der Waals surface area contributed by atoms with E-state index in [2.05, 4.69) is 44.2 Å². The summed E-state index contributed by atoms with van der Waals surface area (Å²) in [5.74, 6) is 3.46. The number of pyridine rings is 1. The van der Waals surface area contributed by atoms with E-state index in [1.807, 2.05) is 19.2 Å². The van der Waals surface area contributed by atoms with E-state index in [4.69, 9.17) is 0 Å². The predicted molar refractivity (Wildman–Crippen MR) is 88.9 cm³/mol. The molecule has 1 atom stereocenters. The SMILES string of the molecule is Cc1nc(NCc2cccnc2)cc(N2CCCC(C)C2)n1. The van der Waals surface area contributed by atoms with Crippen molar-refractivity contribution in [1.29, 1.82) is 0 Å². The fourth-order valence-electron chi connectivity index (χ4n) is 2.90. The summed E-state index contributed by atoms with van der Waals surface area (Å²) in [5, 5.41) is 3.37. The van der Waals surface area contributed by atoms with Gasteiger partial charge in [0.1, 0.15) is 17.5 Å². The molecule has 1 unspecified atom stereocenters. The second-order valence-corrected chi connectivity index (χ2v) is 6.07. The first kappa shape index (κ1) is 14.8. The fraction of sp³-hybridized carbons (Fsp3) is 0.471. The molecule has 0 bridgehead atoms. The summed E-state index contributed by atoms with van der Waals surface area (Å²) >= 11 is 0. The zero-order chi connectivity index (χ0) is 15.4. The molecule has 1 aliphatic rings. The summed E-state index contributed by atoms with van der Waals surface area (Å²) in [6.07, 6.45) is 6.21. The average molecular weight is 297 g/mol. The Hall–Kier alpha value is -2.17. The van der Waals surface area contributed by atoms with Crippen LogP contribution in [-0.2, 0) is 6.54 Å². The lowest BCUT2D eigenvalue weighted by atomic mass is 10.0. The predicted octanol–water partition coefficient (Wildman–Crippen LogP) is 3.03. The van der Waals surface area contributed by atoms with E-state index in [9.17, 15) is 0 Å². The Labute approximate surface area is 131 Å². The first-order chi connectivity index (χ1) is 10.7. The molecule has 3 heterocycles. The van der Waals surface area contributed by atoms with Gasteiger partial charge < -0.3 is 10.2 Å². The summed E-state index contributed by atoms with van der Waals surface area (Å²) in [4.78, 5) is 15.6. The Balaban J connectivity index is 1.72. The smallest absolute Gasteiger partial charge is 0.134 e. The molecule has 1 aliphatic heterocycles. The molecule has 1 saturated heterocycles. The van der Waals surface area contributed by atoms with Gasteiger partial charge in [-0.3, -0.25) is 4.98 Å². The molecule has 5 nitrogen and oxygen atoms in total. The van der Waals surface area contributed by atoms with E-state index in [1.54, 1.807) is 6.20 Å². The topological polar surface area (TPSA) is 53.9 Å². The molecule has 0 radical (unpaired) electrons. The third-order valence-electron chi connectivity index (χ3n) is 4.00. The van der Waals surface area contributed by atoms with Gasteiger partial charge in [-0.05, 0) is 37.3 Å². The summed E-state index contributed by atoms with van der Waals surface area (Å²) in [7, 11) is 0. The average Bonchev–Trinajstić information content (AvgIpc) is 2.53. The number of hydrogen-bond acceptors (Lipinski definition) is 5. The second kappa shape index (κ2) is 6.73. The molecule has 0 aromatic carbocycles. The zero-order valence-corrected chi connectivity index (χ0v) is 13.3. The second-order valence-electron chi connectivity index (χ2n) is 6.07. The quantitative estimate of drug-likeness (QED) is 0.940. The lowest BCUT2D eigenvalue weighted by molar-refractivity contribution is 0.444. The minimum Gasteiger partial charge on any atom is -0.366 e. The first-order valence-electron chi connectivity index (χ1n) is 7.94. The van der Waals surface area contributed by atoms with Gasteiger partial charge in [0.25, 0.3) is 0 Å². The molecule has 2 aromatic heterocycles. The highest BCUT2D eigenvalue weighted by molar-refractivity contribution is 5.50. The summed E-state index contributed by atoms with van der Waals surface area (Å²) < 4.78 is 0. The Morgan fingerprint density at radius 3 is 3.05 bits per heavy atom. The van der Waals surface area contributed by atoms with E-state index in [-0.39, 0.29) is 0 Å². The van der Waals surface area contributed by atoms with Crippen molar-refractivity contribution in [3.05, 3.63) is 42.0 Å². The number of aryl methyl sites for hydroxylation is 1. The molecule has 0 saturated carbocycles. The van der Waals surface area contributed by atoms with Crippen LogP contribution in [0, 0.1) is 12.8 Å². The van der Waals surface area contributed by atoms with E-state index in [0.29, 0.717) is 0 Å². The number of aromatic nitrogens is 3. The van der Waals surface area contributed by atoms with Crippen molar-refractivity contribution < 1.29 is 0 Å². The van der Waals surface area contributed by atoms with Crippen LogP contribution in [-0.4, -0.2) is 28.0 Å². The van der Waals surface area contributed by atoms with Crippen molar-refractivity contribution >= 4 is 11.6 Å². The molecule has 3 rings (SSSR count). The summed E-state index contributed by atoms with van der Waals surface area (Å²) in [6, 6.07) is 6.06. The number of nitrogens with zero attached hydrogens (tertiary/aromatic N) is 4. The van der Waals surface area contributed by atoms with E-state index in [0.717, 1.165) is 48.6 Å². The van der Waals surface area contributed by atoms with Crippen LogP contribution in [0.2, 0.25) is 0 Å². The van der Waals surface area contributed by atoms with Crippen LogP contribution in [0.4, 0.5) is 11.6 Å². The standard InChI is InChI=1S/C17H23N5/c1-13-5-4-8-22(12-13)17-9-16(20-14(2)21-17)19-11-15-6-3-7-18-10-15/h3,6-7,9-10,13H,4-5,8,11-12H2,1-2H3,(H,19,20,21). The van der Waals surface area contributed by atoms with Crippen LogP contribution in [0.5, 0.6) is 0 Å². The number of nitrogens with one attached hydrogen (secondary N) is 1. The van der Waals surface area contributed by atoms with E-state index >= 15 is 0 Å². The van der Waals surface area contributed by atoms with Crippen LogP contribution in [0.1, 0.15) is 31.2 Å². The van der Waals surface area contributed by atoms with Gasteiger partial charge in [-0.15, -0.1) is 0 Å². The van der Waals surface area contributed by atoms with Crippen LogP contribution in [0.3, 0.4) is 0 Å². The van der Waals surface area contributed by atoms with Crippen molar-refractivity contribution in [3.63, 3.8) is 0 Å². The van der Waals surface area contributed by atoms with Crippen molar-refractivity contribution in [1.82, 2.24) is 15.0 Å². The molecule has 1 fully saturated rings. The third kappa shape index (κ3) is 3.72. The maximum Gasteiger partial charge on any atom is 0.134 e. The Kier molecular flexibility index (Phi) is 4.51. The van der Waals surface area contributed by atoms with Crippen LogP contribution < -0.4 is 10.2 Å². The van der Waals surface area contributed by atoms with E-state index in [1.165, 1.54) is 12.8 Å². The lowest BCUT2D eigenvalue weighted by Crippen LogP contribution is -2.35. The van der Waals surface area contributed by atoms with Crippen LogP contribution in [0.25, 0.3) is 0 Å². The van der Waals surface area contributed by atoms with E-state index < -0.39 is 0 Å². The van der Waals surface area contributed by atoms with Gasteiger partial charge >= 0.3 is 0 Å². The molecule has 0 amide bonds. The third-order valence-corrected chi connectivity index (χ3v) is 4.00. The molecule has 22 heavy (non-hydrogen) atoms. The summed E-state index contributed by atoms with van der Waals surface area (Å²) in [6.45, 7) is 7.15. The molecule has 5 heteroatoms. The van der Waals surface area contributed by atoms with Gasteiger partial charge in [-0.1, -0.05) is 13.0 Å². The van der Waals surface area contributed by atoms with Gasteiger partial charge in [0.2, 0.25) is 0 Å². The molecule has 2 aromatic rings. The fourth-order valence-corrected chi connectivity index (χ4v) is 2.90. The van der Waals surface area contributed by atoms with Crippen LogP contribution >= 0.6 is 0 Å². The van der Waals surface area contributed by atoms with Gasteiger partial charge in [-0.25, -0.2) is 9.97 Å². The van der Waals surface area contributed by atoms with Crippen molar-refractivity contribution in [2.45, 2.75) is 33.2 Å². The van der Waals surface area contributed by atoms with Crippen molar-refractivity contribution in [2.24, 2.45) is 5.92 Å². The molecular weight excluding hydrogens is 274 g/mol. The monoisotopic (exact) mass is 297 g/mol. The molecule has 0 aliphatic carbocycles. The van der Waals surface area contributed by atoms with Gasteiger partial charge in [0, 0.05) is 38.1 Å². The first-order valence-corrected chi connectivity index (χ1v) is 7.94. The molecule has 116 valence electrons. The maximum atomic E-state index is 4.61. The molecular formula is C17H23N5. The van der Waals surface area contributed by atoms with Gasteiger partial charge in [0.05, 0.1) is 0 Å². The number of rotatable bonds is 4. The highest BCUT2D eigenvalue weighted by atomic mass is 15.2. The number of hydrogen-bond donors (Lipinski definition) is 1. The van der Waals surface area contributed by atoms with Crippen molar-refractivity contribution in [3.8, 4) is 0 Å². The largest absolute Gasteiger partial charge is 0.366 e. The van der Waals surface area contributed by atoms with Crippen molar-refractivity contribution in [2.75, 3.05) is 23.3 Å². The minimum atomic E-state index is 0.722. The molecule has 1 N–H and O–H groups in total. The Morgan fingerprint density at radius 1 is 1.36 bits per heavy atom. The van der Waals surface area contributed by atoms with Crippen LogP contribution in [0.15, 0.2) is 30.6 Å². The lowest BCUT2D eigenvalue weighted by Gasteiger charge is -2.32. The number of piperidine rings is 1. The Morgan fingerprint density at radius 2 is 2.27 bits per heavy atom.